The highest BCUT2D eigenvalue weighted by Gasteiger charge is 2.44. The van der Waals surface area contributed by atoms with Gasteiger partial charge in [0.2, 0.25) is 0 Å². The van der Waals surface area contributed by atoms with Gasteiger partial charge in [-0.1, -0.05) is 27.5 Å². The van der Waals surface area contributed by atoms with E-state index < -0.39 is 12.3 Å². The zero-order valence-corrected chi connectivity index (χ0v) is 11.3. The zero-order valence-electron chi connectivity index (χ0n) is 9.01. The molecule has 7 heteroatoms. The van der Waals surface area contributed by atoms with E-state index in [1.807, 2.05) is 0 Å². The number of epoxide rings is 1. The molecule has 0 amide bonds. The molecule has 0 aliphatic carbocycles. The molecule has 1 fully saturated rings. The van der Waals surface area contributed by atoms with Crippen LogP contribution >= 0.6 is 27.5 Å². The highest BCUT2D eigenvalue weighted by atomic mass is 79.9. The van der Waals surface area contributed by atoms with E-state index in [-0.39, 0.29) is 23.3 Å². The maximum Gasteiger partial charge on any atom is 0.418 e. The molecule has 1 aliphatic heterocycles. The van der Waals surface area contributed by atoms with Gasteiger partial charge < -0.3 is 9.47 Å². The van der Waals surface area contributed by atoms with E-state index in [0.717, 1.165) is 0 Å². The van der Waals surface area contributed by atoms with E-state index in [1.54, 1.807) is 0 Å². The van der Waals surface area contributed by atoms with Crippen molar-refractivity contribution >= 4 is 27.5 Å². The number of hydrogen-bond donors (Lipinski definition) is 0. The van der Waals surface area contributed by atoms with Crippen LogP contribution in [0.3, 0.4) is 0 Å². The topological polar surface area (TPSA) is 21.8 Å². The van der Waals surface area contributed by atoms with Gasteiger partial charge in [-0.15, -0.1) is 0 Å². The Kier molecular flexibility index (Phi) is 4.21. The zero-order chi connectivity index (χ0) is 13.3. The first-order valence-electron chi connectivity index (χ1n) is 5.13. The van der Waals surface area contributed by atoms with Gasteiger partial charge in [0.25, 0.3) is 0 Å². The highest BCUT2D eigenvalue weighted by Crippen LogP contribution is 2.40. The Morgan fingerprint density at radius 3 is 2.72 bits per heavy atom. The van der Waals surface area contributed by atoms with Crippen LogP contribution in [0, 0.1) is 0 Å². The molecular weight excluding hydrogens is 336 g/mol. The minimum absolute atomic E-state index is 0.0318. The van der Waals surface area contributed by atoms with Gasteiger partial charge in [-0.25, -0.2) is 0 Å². The molecule has 0 bridgehead atoms. The van der Waals surface area contributed by atoms with Crippen LogP contribution in [0.4, 0.5) is 13.2 Å². The summed E-state index contributed by atoms with van der Waals surface area (Å²) >= 11 is 8.79. The number of hydrogen-bond acceptors (Lipinski definition) is 2. The van der Waals surface area contributed by atoms with Crippen molar-refractivity contribution in [3.8, 4) is 0 Å². The summed E-state index contributed by atoms with van der Waals surface area (Å²) in [5.41, 5.74) is -0.0318. The molecule has 1 aromatic rings. The summed E-state index contributed by atoms with van der Waals surface area (Å²) in [4.78, 5) is 0. The second-order valence-corrected chi connectivity index (χ2v) is 5.17. The Balaban J connectivity index is 2.23. The Morgan fingerprint density at radius 2 is 2.17 bits per heavy atom. The molecule has 0 spiro atoms. The normalized spacial score (nSPS) is 20.8. The summed E-state index contributed by atoms with van der Waals surface area (Å²) in [7, 11) is 0. The molecule has 2 nitrogen and oxygen atoms in total. The van der Waals surface area contributed by atoms with Gasteiger partial charge in [0.05, 0.1) is 13.2 Å². The van der Waals surface area contributed by atoms with E-state index in [2.05, 4.69) is 15.9 Å². The predicted octanol–water partition coefficient (Wildman–Crippen LogP) is 4.12. The predicted molar refractivity (Wildman–Crippen MR) is 63.6 cm³/mol. The molecule has 1 aliphatic rings. The quantitative estimate of drug-likeness (QED) is 0.766. The fourth-order valence-corrected chi connectivity index (χ4v) is 2.08. The number of benzene rings is 1. The van der Waals surface area contributed by atoms with Crippen molar-refractivity contribution < 1.29 is 22.6 Å². The van der Waals surface area contributed by atoms with Crippen LogP contribution in [0.1, 0.15) is 11.7 Å². The summed E-state index contributed by atoms with van der Waals surface area (Å²) in [6, 6.07) is 4.22. The highest BCUT2D eigenvalue weighted by molar-refractivity contribution is 9.10. The van der Waals surface area contributed by atoms with Crippen LogP contribution in [-0.4, -0.2) is 25.5 Å². The Labute approximate surface area is 115 Å². The smallest absolute Gasteiger partial charge is 0.371 e. The first-order valence-corrected chi connectivity index (χ1v) is 6.30. The monoisotopic (exact) mass is 344 g/mol. The molecule has 0 radical (unpaired) electrons. The van der Waals surface area contributed by atoms with Crippen LogP contribution < -0.4 is 0 Å². The Morgan fingerprint density at radius 1 is 1.50 bits per heavy atom. The van der Waals surface area contributed by atoms with Crippen LogP contribution in [0.25, 0.3) is 0 Å². The van der Waals surface area contributed by atoms with Gasteiger partial charge in [-0.2, -0.15) is 13.2 Å². The largest absolute Gasteiger partial charge is 0.418 e. The van der Waals surface area contributed by atoms with E-state index in [0.29, 0.717) is 11.1 Å². The lowest BCUT2D eigenvalue weighted by atomic mass is 10.1. The summed E-state index contributed by atoms with van der Waals surface area (Å²) < 4.78 is 48.9. The standard InChI is InChI=1S/C11H9BrClF3O2/c12-9-2-1-6(13)3-8(9)10(11(14,15)16)18-5-7-4-17-7/h1-3,7,10H,4-5H2/t7-,10+/m0/s1. The number of rotatable bonds is 4. The molecule has 2 rings (SSSR count). The number of ether oxygens (including phenoxy) is 2. The average Bonchev–Trinajstić information content (AvgIpc) is 3.05. The fraction of sp³-hybridized carbons (Fsp3) is 0.455. The van der Waals surface area contributed by atoms with Gasteiger partial charge in [0.15, 0.2) is 6.10 Å². The third-order valence-corrected chi connectivity index (χ3v) is 3.35. The summed E-state index contributed by atoms with van der Waals surface area (Å²) in [6.07, 6.45) is -6.73. The third kappa shape index (κ3) is 3.60. The third-order valence-electron chi connectivity index (χ3n) is 2.39. The average molecular weight is 346 g/mol. The summed E-state index contributed by atoms with van der Waals surface area (Å²) in [6.45, 7) is 0.365. The fourth-order valence-electron chi connectivity index (χ4n) is 1.44. The van der Waals surface area contributed by atoms with E-state index >= 15 is 0 Å². The van der Waals surface area contributed by atoms with E-state index in [4.69, 9.17) is 21.1 Å². The van der Waals surface area contributed by atoms with Gasteiger partial charge in [-0.3, -0.25) is 0 Å². The van der Waals surface area contributed by atoms with Crippen molar-refractivity contribution in [2.45, 2.75) is 18.4 Å². The Hall–Kier alpha value is -0.300. The summed E-state index contributed by atoms with van der Waals surface area (Å²) in [5, 5.41) is 0.230. The summed E-state index contributed by atoms with van der Waals surface area (Å²) in [5.74, 6) is 0. The molecular formula is C11H9BrClF3O2. The molecule has 18 heavy (non-hydrogen) atoms. The lowest BCUT2D eigenvalue weighted by Gasteiger charge is -2.22. The van der Waals surface area contributed by atoms with Crippen molar-refractivity contribution in [2.24, 2.45) is 0 Å². The molecule has 2 atom stereocenters. The van der Waals surface area contributed by atoms with Crippen LogP contribution in [0.2, 0.25) is 5.02 Å². The maximum atomic E-state index is 13.0. The number of alkyl halides is 3. The molecule has 1 saturated heterocycles. The van der Waals surface area contributed by atoms with Crippen LogP contribution in [0.5, 0.6) is 0 Å². The molecule has 100 valence electrons. The van der Waals surface area contributed by atoms with Crippen LogP contribution in [-0.2, 0) is 9.47 Å². The molecule has 0 aromatic heterocycles. The second kappa shape index (κ2) is 5.36. The van der Waals surface area contributed by atoms with Gasteiger partial charge in [0.1, 0.15) is 6.10 Å². The first-order chi connectivity index (χ1) is 8.38. The second-order valence-electron chi connectivity index (χ2n) is 3.88. The molecule has 0 N–H and O–H groups in total. The van der Waals surface area contributed by atoms with Gasteiger partial charge in [-0.05, 0) is 18.2 Å². The lowest BCUT2D eigenvalue weighted by molar-refractivity contribution is -0.224. The van der Waals surface area contributed by atoms with Crippen molar-refractivity contribution in [2.75, 3.05) is 13.2 Å². The van der Waals surface area contributed by atoms with Gasteiger partial charge in [0, 0.05) is 15.1 Å². The van der Waals surface area contributed by atoms with Crippen molar-refractivity contribution in [1.82, 2.24) is 0 Å². The van der Waals surface area contributed by atoms with Gasteiger partial charge >= 0.3 is 6.18 Å². The number of halogens is 5. The molecule has 0 saturated carbocycles. The van der Waals surface area contributed by atoms with Crippen LogP contribution in [0.15, 0.2) is 22.7 Å². The minimum Gasteiger partial charge on any atom is -0.371 e. The van der Waals surface area contributed by atoms with Crippen molar-refractivity contribution in [1.29, 1.82) is 0 Å². The maximum absolute atomic E-state index is 13.0. The first kappa shape index (κ1) is 14.1. The van der Waals surface area contributed by atoms with Crippen molar-refractivity contribution in [3.63, 3.8) is 0 Å². The molecule has 0 unspecified atom stereocenters. The van der Waals surface area contributed by atoms with E-state index in [9.17, 15) is 13.2 Å². The SMILES string of the molecule is FC(F)(F)[C@H](OC[C@@H]1CO1)c1cc(Cl)ccc1Br. The minimum atomic E-state index is -4.50. The van der Waals surface area contributed by atoms with E-state index in [1.165, 1.54) is 18.2 Å². The van der Waals surface area contributed by atoms with Crippen molar-refractivity contribution in [3.05, 3.63) is 33.3 Å². The molecule has 1 heterocycles. The molecule has 1 aromatic carbocycles. The lowest BCUT2D eigenvalue weighted by Crippen LogP contribution is -2.25. The Bertz CT molecular complexity index is 435.